The van der Waals surface area contributed by atoms with Gasteiger partial charge < -0.3 is 0 Å². The Morgan fingerprint density at radius 3 is 1.66 bits per heavy atom. The van der Waals surface area contributed by atoms with Gasteiger partial charge in [-0.3, -0.25) is 4.90 Å². The average Bonchev–Trinajstić information content (AvgIpc) is 2.76. The van der Waals surface area contributed by atoms with Crippen LogP contribution in [-0.2, 0) is 6.54 Å². The molecule has 1 nitrogen and oxygen atoms in total. The van der Waals surface area contributed by atoms with Crippen LogP contribution in [0.5, 0.6) is 0 Å². The molecule has 1 aliphatic rings. The van der Waals surface area contributed by atoms with Crippen LogP contribution in [0.25, 0.3) is 21.5 Å². The molecule has 0 atom stereocenters. The zero-order valence-electron chi connectivity index (χ0n) is 17.1. The smallest absolute Gasteiger partial charge is 0.0246 e. The van der Waals surface area contributed by atoms with Crippen LogP contribution in [0.3, 0.4) is 0 Å². The van der Waals surface area contributed by atoms with Crippen molar-refractivity contribution in [3.8, 4) is 0 Å². The summed E-state index contributed by atoms with van der Waals surface area (Å²) >= 11 is 6.41. The Hall–Kier alpha value is -0.810. The van der Waals surface area contributed by atoms with Gasteiger partial charge in [0, 0.05) is 29.6 Å². The SMILES string of the molecule is c1ccc2c(CN3CCCSCCSCCSCCC3)c3ccccc3cc2c1. The minimum atomic E-state index is 1.06. The summed E-state index contributed by atoms with van der Waals surface area (Å²) in [7, 11) is 0. The predicted octanol–water partition coefficient (Wildman–Crippen LogP) is 6.79. The number of nitrogens with zero attached hydrogens (tertiary/aromatic N) is 1. The number of fused-ring (bicyclic) bond motifs is 2. The van der Waals surface area contributed by atoms with Gasteiger partial charge in [0.05, 0.1) is 0 Å². The minimum absolute atomic E-state index is 1.06. The first-order chi connectivity index (χ1) is 14.4. The van der Waals surface area contributed by atoms with E-state index < -0.39 is 0 Å². The topological polar surface area (TPSA) is 3.24 Å². The number of benzene rings is 3. The standard InChI is InChI=1S/C25H31NS3/c1-3-9-23-21(7-1)19-22-8-2-4-10-24(22)25(23)20-26-11-5-13-27-15-17-29-18-16-28-14-6-12-26/h1-4,7-10,19H,5-6,11-18,20H2. The molecule has 0 saturated carbocycles. The molecule has 3 aromatic carbocycles. The second kappa shape index (κ2) is 11.5. The summed E-state index contributed by atoms with van der Waals surface area (Å²) in [6.07, 6.45) is 2.59. The fraction of sp³-hybridized carbons (Fsp3) is 0.440. The van der Waals surface area contributed by atoms with E-state index in [9.17, 15) is 0 Å². The normalized spacial score (nSPS) is 18.6. The summed E-state index contributed by atoms with van der Waals surface area (Å²) in [5.74, 6) is 7.84. The second-order valence-electron chi connectivity index (χ2n) is 7.62. The van der Waals surface area contributed by atoms with Gasteiger partial charge in [0.25, 0.3) is 0 Å². The van der Waals surface area contributed by atoms with Crippen LogP contribution in [0.15, 0.2) is 54.6 Å². The minimum Gasteiger partial charge on any atom is -0.299 e. The van der Waals surface area contributed by atoms with Gasteiger partial charge in [-0.2, -0.15) is 35.3 Å². The fourth-order valence-corrected chi connectivity index (χ4v) is 7.26. The van der Waals surface area contributed by atoms with Crippen LogP contribution < -0.4 is 0 Å². The number of hydrogen-bond donors (Lipinski definition) is 0. The molecular formula is C25H31NS3. The zero-order chi connectivity index (χ0) is 19.7. The van der Waals surface area contributed by atoms with E-state index >= 15 is 0 Å². The highest BCUT2D eigenvalue weighted by Crippen LogP contribution is 2.29. The van der Waals surface area contributed by atoms with Gasteiger partial charge in [0.1, 0.15) is 0 Å². The Labute approximate surface area is 188 Å². The Kier molecular flexibility index (Phi) is 8.53. The maximum Gasteiger partial charge on any atom is 0.0246 e. The van der Waals surface area contributed by atoms with Gasteiger partial charge in [-0.15, -0.1) is 0 Å². The molecule has 4 heteroatoms. The molecule has 1 saturated heterocycles. The highest BCUT2D eigenvalue weighted by atomic mass is 32.2. The van der Waals surface area contributed by atoms with Crippen LogP contribution in [0.2, 0.25) is 0 Å². The third-order valence-corrected chi connectivity index (χ3v) is 9.18. The van der Waals surface area contributed by atoms with Crippen LogP contribution in [-0.4, -0.2) is 52.5 Å². The number of hydrogen-bond acceptors (Lipinski definition) is 4. The quantitative estimate of drug-likeness (QED) is 0.403. The van der Waals surface area contributed by atoms with Gasteiger partial charge in [-0.1, -0.05) is 48.5 Å². The monoisotopic (exact) mass is 441 g/mol. The lowest BCUT2D eigenvalue weighted by atomic mass is 9.96. The first kappa shape index (κ1) is 21.4. The van der Waals surface area contributed by atoms with Gasteiger partial charge in [0.15, 0.2) is 0 Å². The molecule has 1 fully saturated rings. The van der Waals surface area contributed by atoms with Crippen molar-refractivity contribution in [3.63, 3.8) is 0 Å². The van der Waals surface area contributed by atoms with Crippen molar-refractivity contribution >= 4 is 56.8 Å². The Bertz CT molecular complexity index is 843. The van der Waals surface area contributed by atoms with Crippen LogP contribution in [0.1, 0.15) is 18.4 Å². The number of thioether (sulfide) groups is 3. The molecule has 0 unspecified atom stereocenters. The Balaban J connectivity index is 1.56. The first-order valence-corrected chi connectivity index (χ1v) is 14.2. The molecule has 29 heavy (non-hydrogen) atoms. The average molecular weight is 442 g/mol. The van der Waals surface area contributed by atoms with Crippen molar-refractivity contribution in [2.24, 2.45) is 0 Å². The molecule has 1 aliphatic heterocycles. The highest BCUT2D eigenvalue weighted by molar-refractivity contribution is 8.04. The van der Waals surface area contributed by atoms with Crippen LogP contribution >= 0.6 is 35.3 Å². The van der Waals surface area contributed by atoms with Crippen LogP contribution in [0.4, 0.5) is 0 Å². The van der Waals surface area contributed by atoms with E-state index in [1.165, 1.54) is 87.6 Å². The van der Waals surface area contributed by atoms with Crippen molar-refractivity contribution in [1.82, 2.24) is 4.90 Å². The molecule has 154 valence electrons. The summed E-state index contributed by atoms with van der Waals surface area (Å²) in [5.41, 5.74) is 1.51. The summed E-state index contributed by atoms with van der Waals surface area (Å²) in [6, 6.07) is 20.2. The third-order valence-electron chi connectivity index (χ3n) is 5.53. The molecule has 3 aromatic rings. The maximum absolute atomic E-state index is 2.72. The van der Waals surface area contributed by atoms with E-state index in [2.05, 4.69) is 94.8 Å². The van der Waals surface area contributed by atoms with Crippen molar-refractivity contribution in [3.05, 3.63) is 60.2 Å². The molecule has 1 heterocycles. The zero-order valence-corrected chi connectivity index (χ0v) is 19.6. The Morgan fingerprint density at radius 2 is 1.10 bits per heavy atom. The largest absolute Gasteiger partial charge is 0.299 e. The molecule has 0 radical (unpaired) electrons. The summed E-state index contributed by atoms with van der Waals surface area (Å²) in [5, 5.41) is 5.58. The summed E-state index contributed by atoms with van der Waals surface area (Å²) in [6.45, 7) is 3.48. The van der Waals surface area contributed by atoms with E-state index in [0.717, 1.165) is 6.54 Å². The summed E-state index contributed by atoms with van der Waals surface area (Å²) in [4.78, 5) is 2.72. The predicted molar refractivity (Wildman–Crippen MR) is 138 cm³/mol. The van der Waals surface area contributed by atoms with E-state index in [1.54, 1.807) is 0 Å². The lowest BCUT2D eigenvalue weighted by Crippen LogP contribution is -2.27. The first-order valence-electron chi connectivity index (χ1n) is 10.8. The number of rotatable bonds is 2. The van der Waals surface area contributed by atoms with E-state index in [0.29, 0.717) is 0 Å². The van der Waals surface area contributed by atoms with Gasteiger partial charge in [0.2, 0.25) is 0 Å². The highest BCUT2D eigenvalue weighted by Gasteiger charge is 2.12. The maximum atomic E-state index is 2.72. The molecule has 0 N–H and O–H groups in total. The summed E-state index contributed by atoms with van der Waals surface area (Å²) < 4.78 is 0. The van der Waals surface area contributed by atoms with E-state index in [1.807, 2.05) is 0 Å². The molecule has 0 aliphatic carbocycles. The third kappa shape index (κ3) is 6.10. The molecule has 0 amide bonds. The molecular weight excluding hydrogens is 410 g/mol. The molecule has 0 spiro atoms. The van der Waals surface area contributed by atoms with Crippen molar-refractivity contribution < 1.29 is 0 Å². The molecule has 0 bridgehead atoms. The van der Waals surface area contributed by atoms with Crippen molar-refractivity contribution in [2.45, 2.75) is 19.4 Å². The fourth-order valence-electron chi connectivity index (χ4n) is 4.09. The van der Waals surface area contributed by atoms with E-state index in [-0.39, 0.29) is 0 Å². The Morgan fingerprint density at radius 1 is 0.621 bits per heavy atom. The van der Waals surface area contributed by atoms with Crippen molar-refractivity contribution in [2.75, 3.05) is 47.6 Å². The van der Waals surface area contributed by atoms with Gasteiger partial charge in [-0.25, -0.2) is 0 Å². The van der Waals surface area contributed by atoms with Crippen LogP contribution in [0, 0.1) is 0 Å². The molecule has 4 rings (SSSR count). The second-order valence-corrected chi connectivity index (χ2v) is 11.3. The van der Waals surface area contributed by atoms with Gasteiger partial charge >= 0.3 is 0 Å². The molecule has 0 aromatic heterocycles. The van der Waals surface area contributed by atoms with Gasteiger partial charge in [-0.05, 0) is 70.6 Å². The lowest BCUT2D eigenvalue weighted by molar-refractivity contribution is 0.270. The van der Waals surface area contributed by atoms with Crippen molar-refractivity contribution in [1.29, 1.82) is 0 Å². The lowest BCUT2D eigenvalue weighted by Gasteiger charge is -2.24. The van der Waals surface area contributed by atoms with E-state index in [4.69, 9.17) is 0 Å².